The molecule has 2 atom stereocenters. The van der Waals surface area contributed by atoms with Crippen LogP contribution in [0.15, 0.2) is 42.5 Å². The molecule has 2 amide bonds. The van der Waals surface area contributed by atoms with Crippen molar-refractivity contribution in [3.05, 3.63) is 59.2 Å². The highest BCUT2D eigenvalue weighted by molar-refractivity contribution is 5.89. The number of rotatable bonds is 7. The van der Waals surface area contributed by atoms with Gasteiger partial charge in [0, 0.05) is 19.5 Å². The van der Waals surface area contributed by atoms with E-state index in [-0.39, 0.29) is 30.2 Å². The zero-order chi connectivity index (χ0) is 21.1. The summed E-state index contributed by atoms with van der Waals surface area (Å²) in [5.74, 6) is 1.11. The summed E-state index contributed by atoms with van der Waals surface area (Å²) in [7, 11) is 3.22. The summed E-state index contributed by atoms with van der Waals surface area (Å²) in [4.78, 5) is 27.1. The fourth-order valence-electron chi connectivity index (χ4n) is 4.46. The van der Waals surface area contributed by atoms with E-state index >= 15 is 0 Å². The third-order valence-corrected chi connectivity index (χ3v) is 6.15. The van der Waals surface area contributed by atoms with Crippen LogP contribution >= 0.6 is 0 Å². The molecule has 0 spiro atoms. The van der Waals surface area contributed by atoms with Crippen LogP contribution in [0.25, 0.3) is 0 Å². The van der Waals surface area contributed by atoms with Crippen LogP contribution in [0.5, 0.6) is 11.5 Å². The normalized spacial score (nSPS) is 20.2. The molecule has 6 heteroatoms. The van der Waals surface area contributed by atoms with E-state index in [2.05, 4.69) is 17.4 Å². The molecule has 158 valence electrons. The number of nitrogens with one attached hydrogen (secondary N) is 1. The Morgan fingerprint density at radius 3 is 2.73 bits per heavy atom. The molecular formula is C24H28N2O4. The van der Waals surface area contributed by atoms with Crippen LogP contribution in [-0.2, 0) is 22.4 Å². The maximum atomic E-state index is 12.8. The first-order valence-electron chi connectivity index (χ1n) is 10.5. The van der Waals surface area contributed by atoms with Crippen LogP contribution < -0.4 is 14.8 Å². The van der Waals surface area contributed by atoms with Gasteiger partial charge in [-0.15, -0.1) is 0 Å². The van der Waals surface area contributed by atoms with Crippen LogP contribution in [0.2, 0.25) is 0 Å². The smallest absolute Gasteiger partial charge is 0.225 e. The number of aryl methyl sites for hydroxylation is 1. The molecule has 1 aliphatic carbocycles. The molecule has 30 heavy (non-hydrogen) atoms. The number of fused-ring (bicyclic) bond motifs is 1. The molecule has 1 N–H and O–H groups in total. The first-order valence-corrected chi connectivity index (χ1v) is 10.5. The van der Waals surface area contributed by atoms with Crippen molar-refractivity contribution in [3.8, 4) is 11.5 Å². The second kappa shape index (κ2) is 8.78. The van der Waals surface area contributed by atoms with Crippen molar-refractivity contribution in [1.29, 1.82) is 0 Å². The molecule has 0 aromatic heterocycles. The van der Waals surface area contributed by atoms with Gasteiger partial charge in [0.05, 0.1) is 26.2 Å². The fourth-order valence-corrected chi connectivity index (χ4v) is 4.46. The Morgan fingerprint density at radius 2 is 1.93 bits per heavy atom. The lowest BCUT2D eigenvalue weighted by atomic mass is 10.1. The Kier molecular flexibility index (Phi) is 5.93. The minimum Gasteiger partial charge on any atom is -0.493 e. The second-order valence-electron chi connectivity index (χ2n) is 7.98. The number of ether oxygens (including phenoxy) is 2. The zero-order valence-electron chi connectivity index (χ0n) is 17.5. The Balaban J connectivity index is 1.32. The number of carbonyl (C=O) groups excluding carboxylic acids is 2. The highest BCUT2D eigenvalue weighted by Gasteiger charge is 2.35. The van der Waals surface area contributed by atoms with Gasteiger partial charge in [-0.1, -0.05) is 30.3 Å². The summed E-state index contributed by atoms with van der Waals surface area (Å²) >= 11 is 0. The highest BCUT2D eigenvalue weighted by atomic mass is 16.5. The van der Waals surface area contributed by atoms with Gasteiger partial charge in [0.15, 0.2) is 11.5 Å². The first kappa shape index (κ1) is 20.3. The molecule has 0 saturated carbocycles. The highest BCUT2D eigenvalue weighted by Crippen LogP contribution is 2.32. The van der Waals surface area contributed by atoms with E-state index in [0.717, 1.165) is 18.4 Å². The second-order valence-corrected chi connectivity index (χ2v) is 7.98. The van der Waals surface area contributed by atoms with E-state index < -0.39 is 0 Å². The average molecular weight is 408 g/mol. The van der Waals surface area contributed by atoms with E-state index in [1.807, 2.05) is 30.3 Å². The fraction of sp³-hybridized carbons (Fsp3) is 0.417. The standard InChI is InChI=1S/C24H28N2O4/c1-29-21-10-7-16(13-22(21)30-2)11-12-26-15-18(14-23(26)27)24(28)25-20-9-8-17-5-3-4-6-19(17)20/h3-7,10,13,18,20H,8-9,11-12,14-15H2,1-2H3,(H,25,28). The van der Waals surface area contributed by atoms with Gasteiger partial charge >= 0.3 is 0 Å². The van der Waals surface area contributed by atoms with Crippen molar-refractivity contribution in [2.75, 3.05) is 27.3 Å². The van der Waals surface area contributed by atoms with Crippen molar-refractivity contribution in [1.82, 2.24) is 10.2 Å². The van der Waals surface area contributed by atoms with Crippen molar-refractivity contribution in [2.24, 2.45) is 5.92 Å². The predicted molar refractivity (Wildman–Crippen MR) is 114 cm³/mol. The summed E-state index contributed by atoms with van der Waals surface area (Å²) < 4.78 is 10.6. The summed E-state index contributed by atoms with van der Waals surface area (Å²) in [6, 6.07) is 14.1. The molecule has 2 aromatic carbocycles. The van der Waals surface area contributed by atoms with Crippen molar-refractivity contribution < 1.29 is 19.1 Å². The van der Waals surface area contributed by atoms with Gasteiger partial charge in [0.2, 0.25) is 11.8 Å². The number of methoxy groups -OCH3 is 2. The van der Waals surface area contributed by atoms with Gasteiger partial charge < -0.3 is 19.7 Å². The Bertz CT molecular complexity index is 943. The molecule has 4 rings (SSSR count). The molecule has 1 heterocycles. The molecule has 1 aliphatic heterocycles. The number of amides is 2. The minimum atomic E-state index is -0.282. The zero-order valence-corrected chi connectivity index (χ0v) is 17.5. The van der Waals surface area contributed by atoms with Gasteiger partial charge in [0.1, 0.15) is 0 Å². The van der Waals surface area contributed by atoms with Gasteiger partial charge in [-0.25, -0.2) is 0 Å². The van der Waals surface area contributed by atoms with Crippen LogP contribution in [0.4, 0.5) is 0 Å². The molecule has 0 radical (unpaired) electrons. The lowest BCUT2D eigenvalue weighted by Crippen LogP contribution is -2.35. The van der Waals surface area contributed by atoms with Gasteiger partial charge in [0.25, 0.3) is 0 Å². The summed E-state index contributed by atoms with van der Waals surface area (Å²) in [6.45, 7) is 1.07. The molecule has 2 aliphatic rings. The molecule has 1 fully saturated rings. The number of benzene rings is 2. The largest absolute Gasteiger partial charge is 0.493 e. The van der Waals surface area contributed by atoms with E-state index in [1.54, 1.807) is 19.1 Å². The SMILES string of the molecule is COc1ccc(CCN2CC(C(=O)NC3CCc4ccccc43)CC2=O)cc1OC. The third-order valence-electron chi connectivity index (χ3n) is 6.15. The Labute approximate surface area is 177 Å². The van der Waals surface area contributed by atoms with Gasteiger partial charge in [-0.05, 0) is 48.1 Å². The number of nitrogens with zero attached hydrogens (tertiary/aromatic N) is 1. The van der Waals surface area contributed by atoms with Crippen LogP contribution in [0.1, 0.15) is 35.6 Å². The summed E-state index contributed by atoms with van der Waals surface area (Å²) in [5, 5.41) is 3.17. The van der Waals surface area contributed by atoms with Gasteiger partial charge in [-0.3, -0.25) is 9.59 Å². The average Bonchev–Trinajstić information content (AvgIpc) is 3.35. The summed E-state index contributed by atoms with van der Waals surface area (Å²) in [5.41, 5.74) is 3.58. The monoisotopic (exact) mass is 408 g/mol. The summed E-state index contributed by atoms with van der Waals surface area (Å²) in [6.07, 6.45) is 2.90. The van der Waals surface area contributed by atoms with Crippen LogP contribution in [-0.4, -0.2) is 44.0 Å². The minimum absolute atomic E-state index is 0.0151. The number of hydrogen-bond donors (Lipinski definition) is 1. The molecule has 0 bridgehead atoms. The lowest BCUT2D eigenvalue weighted by molar-refractivity contribution is -0.129. The van der Waals surface area contributed by atoms with Crippen molar-refractivity contribution in [3.63, 3.8) is 0 Å². The molecule has 2 unspecified atom stereocenters. The van der Waals surface area contributed by atoms with Crippen LogP contribution in [0.3, 0.4) is 0 Å². The Morgan fingerprint density at radius 1 is 1.13 bits per heavy atom. The quantitative estimate of drug-likeness (QED) is 0.765. The predicted octanol–water partition coefficient (Wildman–Crippen LogP) is 2.90. The third kappa shape index (κ3) is 4.13. The lowest BCUT2D eigenvalue weighted by Gasteiger charge is -2.19. The van der Waals surface area contributed by atoms with E-state index in [1.165, 1.54) is 11.1 Å². The maximum Gasteiger partial charge on any atom is 0.225 e. The molecule has 6 nitrogen and oxygen atoms in total. The topological polar surface area (TPSA) is 67.9 Å². The molecule has 1 saturated heterocycles. The number of carbonyl (C=O) groups is 2. The number of hydrogen-bond acceptors (Lipinski definition) is 4. The molecule has 2 aromatic rings. The van der Waals surface area contributed by atoms with Gasteiger partial charge in [-0.2, -0.15) is 0 Å². The number of likely N-dealkylation sites (tertiary alicyclic amines) is 1. The van der Waals surface area contributed by atoms with E-state index in [0.29, 0.717) is 31.0 Å². The van der Waals surface area contributed by atoms with E-state index in [4.69, 9.17) is 9.47 Å². The van der Waals surface area contributed by atoms with Crippen molar-refractivity contribution in [2.45, 2.75) is 31.7 Å². The van der Waals surface area contributed by atoms with E-state index in [9.17, 15) is 9.59 Å². The maximum absolute atomic E-state index is 12.8. The Hall–Kier alpha value is -3.02. The van der Waals surface area contributed by atoms with Crippen molar-refractivity contribution >= 4 is 11.8 Å². The molecular weight excluding hydrogens is 380 g/mol. The first-order chi connectivity index (χ1) is 14.6. The van der Waals surface area contributed by atoms with Crippen LogP contribution in [0, 0.1) is 5.92 Å².